The minimum atomic E-state index is -0.368. The standard InChI is InChI=1S/C11H9Br2N5O/c12-6-1-2-8(7(13)3-6)17-11(19)9-4-15-5-10(16-9)18-14/h1-5H,14H2,(H,16,18)(H,17,19). The van der Waals surface area contributed by atoms with E-state index in [0.717, 1.165) is 8.95 Å². The van der Waals surface area contributed by atoms with Crippen molar-refractivity contribution in [3.8, 4) is 0 Å². The lowest BCUT2D eigenvalue weighted by atomic mass is 10.3. The van der Waals surface area contributed by atoms with Gasteiger partial charge < -0.3 is 10.7 Å². The van der Waals surface area contributed by atoms with Crippen LogP contribution in [0.1, 0.15) is 10.5 Å². The van der Waals surface area contributed by atoms with E-state index in [-0.39, 0.29) is 11.6 Å². The predicted molar refractivity (Wildman–Crippen MR) is 79.6 cm³/mol. The van der Waals surface area contributed by atoms with Crippen molar-refractivity contribution in [2.45, 2.75) is 0 Å². The van der Waals surface area contributed by atoms with Crippen LogP contribution in [0.4, 0.5) is 11.5 Å². The van der Waals surface area contributed by atoms with E-state index in [4.69, 9.17) is 5.84 Å². The van der Waals surface area contributed by atoms with Gasteiger partial charge in [0.2, 0.25) is 0 Å². The molecule has 1 aromatic heterocycles. The fraction of sp³-hybridized carbons (Fsp3) is 0. The molecule has 0 aliphatic rings. The molecule has 2 aromatic rings. The maximum Gasteiger partial charge on any atom is 0.275 e. The molecule has 0 fully saturated rings. The van der Waals surface area contributed by atoms with Gasteiger partial charge in [-0.15, -0.1) is 0 Å². The predicted octanol–water partition coefficient (Wildman–Crippen LogP) is 2.54. The Balaban J connectivity index is 2.20. The van der Waals surface area contributed by atoms with Crippen LogP contribution in [0.15, 0.2) is 39.5 Å². The monoisotopic (exact) mass is 385 g/mol. The first-order chi connectivity index (χ1) is 9.10. The van der Waals surface area contributed by atoms with Gasteiger partial charge in [0.25, 0.3) is 5.91 Å². The van der Waals surface area contributed by atoms with E-state index in [9.17, 15) is 4.79 Å². The van der Waals surface area contributed by atoms with E-state index < -0.39 is 0 Å². The summed E-state index contributed by atoms with van der Waals surface area (Å²) in [5, 5.41) is 2.73. The number of nitrogens with one attached hydrogen (secondary N) is 2. The third kappa shape index (κ3) is 3.49. The highest BCUT2D eigenvalue weighted by Crippen LogP contribution is 2.26. The highest BCUT2D eigenvalue weighted by molar-refractivity contribution is 9.11. The topological polar surface area (TPSA) is 92.9 Å². The van der Waals surface area contributed by atoms with Gasteiger partial charge in [-0.1, -0.05) is 15.9 Å². The number of nitrogens with zero attached hydrogens (tertiary/aromatic N) is 2. The van der Waals surface area contributed by atoms with Gasteiger partial charge in [0.05, 0.1) is 18.1 Å². The van der Waals surface area contributed by atoms with E-state index in [1.807, 2.05) is 12.1 Å². The van der Waals surface area contributed by atoms with Gasteiger partial charge in [0.15, 0.2) is 5.82 Å². The van der Waals surface area contributed by atoms with Gasteiger partial charge in [-0.2, -0.15) is 0 Å². The first kappa shape index (κ1) is 13.9. The first-order valence-electron chi connectivity index (χ1n) is 5.15. The molecule has 0 aliphatic heterocycles. The minimum absolute atomic E-state index is 0.172. The number of nitrogens with two attached hydrogens (primary N) is 1. The molecule has 0 atom stereocenters. The SMILES string of the molecule is NNc1cncc(C(=O)Nc2ccc(Br)cc2Br)n1. The van der Waals surface area contributed by atoms with E-state index >= 15 is 0 Å². The number of halogens is 2. The van der Waals surface area contributed by atoms with E-state index in [1.165, 1.54) is 12.4 Å². The molecule has 0 aliphatic carbocycles. The Labute approximate surface area is 126 Å². The molecular formula is C11H9Br2N5O. The smallest absolute Gasteiger partial charge is 0.275 e. The number of aromatic nitrogens is 2. The average Bonchev–Trinajstić information content (AvgIpc) is 2.42. The van der Waals surface area contributed by atoms with Crippen molar-refractivity contribution in [2.24, 2.45) is 5.84 Å². The molecule has 0 radical (unpaired) electrons. The van der Waals surface area contributed by atoms with Gasteiger partial charge in [-0.05, 0) is 34.1 Å². The molecule has 0 spiro atoms. The third-order valence-corrected chi connectivity index (χ3v) is 3.34. The van der Waals surface area contributed by atoms with Crippen LogP contribution < -0.4 is 16.6 Å². The van der Waals surface area contributed by atoms with Crippen molar-refractivity contribution in [1.29, 1.82) is 0 Å². The summed E-state index contributed by atoms with van der Waals surface area (Å²) in [6, 6.07) is 5.42. The molecule has 1 aromatic carbocycles. The van der Waals surface area contributed by atoms with Gasteiger partial charge in [-0.3, -0.25) is 9.78 Å². The van der Waals surface area contributed by atoms with Crippen LogP contribution in [0.25, 0.3) is 0 Å². The second-order valence-electron chi connectivity index (χ2n) is 3.51. The van der Waals surface area contributed by atoms with Gasteiger partial charge in [0.1, 0.15) is 5.69 Å². The molecule has 1 heterocycles. The number of nitrogen functional groups attached to an aromatic ring is 1. The Bertz CT molecular complexity index is 620. The van der Waals surface area contributed by atoms with Crippen molar-refractivity contribution < 1.29 is 4.79 Å². The zero-order chi connectivity index (χ0) is 13.8. The summed E-state index contributed by atoms with van der Waals surface area (Å²) in [6.45, 7) is 0. The van der Waals surface area contributed by atoms with Crippen molar-refractivity contribution in [2.75, 3.05) is 10.7 Å². The highest BCUT2D eigenvalue weighted by Gasteiger charge is 2.11. The Morgan fingerprint density at radius 1 is 1.26 bits per heavy atom. The molecule has 2 rings (SSSR count). The van der Waals surface area contributed by atoms with Crippen LogP contribution in [0.2, 0.25) is 0 Å². The lowest BCUT2D eigenvalue weighted by Crippen LogP contribution is -2.17. The Morgan fingerprint density at radius 2 is 2.05 bits per heavy atom. The number of carbonyl (C=O) groups excluding carboxylic acids is 1. The maximum absolute atomic E-state index is 12.0. The van der Waals surface area contributed by atoms with E-state index in [1.54, 1.807) is 6.07 Å². The molecule has 0 unspecified atom stereocenters. The molecule has 0 saturated heterocycles. The van der Waals surface area contributed by atoms with E-state index in [2.05, 4.69) is 52.6 Å². The highest BCUT2D eigenvalue weighted by atomic mass is 79.9. The summed E-state index contributed by atoms with van der Waals surface area (Å²) in [7, 11) is 0. The molecule has 19 heavy (non-hydrogen) atoms. The lowest BCUT2D eigenvalue weighted by molar-refractivity contribution is 0.102. The van der Waals surface area contributed by atoms with Crippen molar-refractivity contribution >= 4 is 49.3 Å². The zero-order valence-corrected chi connectivity index (χ0v) is 12.7. The summed E-state index contributed by atoms with van der Waals surface area (Å²) in [5.74, 6) is 5.17. The van der Waals surface area contributed by atoms with Crippen LogP contribution in [0.3, 0.4) is 0 Å². The summed E-state index contributed by atoms with van der Waals surface area (Å²) >= 11 is 6.70. The van der Waals surface area contributed by atoms with Gasteiger partial charge >= 0.3 is 0 Å². The molecule has 0 saturated carbocycles. The van der Waals surface area contributed by atoms with Crippen LogP contribution in [0, 0.1) is 0 Å². The Kier molecular flexibility index (Phi) is 4.46. The molecule has 4 N–H and O–H groups in total. The van der Waals surface area contributed by atoms with Crippen molar-refractivity contribution in [1.82, 2.24) is 9.97 Å². The molecule has 0 bridgehead atoms. The van der Waals surface area contributed by atoms with Crippen LogP contribution >= 0.6 is 31.9 Å². The minimum Gasteiger partial charge on any atom is -0.320 e. The maximum atomic E-state index is 12.0. The van der Waals surface area contributed by atoms with Crippen molar-refractivity contribution in [3.63, 3.8) is 0 Å². The Hall–Kier alpha value is -1.51. The number of amides is 1. The molecular weight excluding hydrogens is 378 g/mol. The molecule has 6 nitrogen and oxygen atoms in total. The van der Waals surface area contributed by atoms with Crippen LogP contribution in [0.5, 0.6) is 0 Å². The molecule has 1 amide bonds. The fourth-order valence-electron chi connectivity index (χ4n) is 1.32. The largest absolute Gasteiger partial charge is 0.320 e. The first-order valence-corrected chi connectivity index (χ1v) is 6.74. The second-order valence-corrected chi connectivity index (χ2v) is 5.28. The van der Waals surface area contributed by atoms with E-state index in [0.29, 0.717) is 11.5 Å². The van der Waals surface area contributed by atoms with Gasteiger partial charge in [-0.25, -0.2) is 10.8 Å². The number of rotatable bonds is 3. The number of hydrogen-bond donors (Lipinski definition) is 3. The summed E-state index contributed by atoms with van der Waals surface area (Å²) < 4.78 is 1.67. The number of hydrazine groups is 1. The second kappa shape index (κ2) is 6.09. The zero-order valence-electron chi connectivity index (χ0n) is 9.52. The third-order valence-electron chi connectivity index (χ3n) is 2.19. The normalized spacial score (nSPS) is 10.1. The number of hydrogen-bond acceptors (Lipinski definition) is 5. The summed E-state index contributed by atoms with van der Waals surface area (Å²) in [6.07, 6.45) is 2.79. The van der Waals surface area contributed by atoms with Gasteiger partial charge in [0, 0.05) is 8.95 Å². The lowest BCUT2D eigenvalue weighted by Gasteiger charge is -2.07. The quantitative estimate of drug-likeness (QED) is 0.556. The average molecular weight is 387 g/mol. The molecule has 98 valence electrons. The Morgan fingerprint density at radius 3 is 2.74 bits per heavy atom. The number of anilines is 2. The van der Waals surface area contributed by atoms with Crippen molar-refractivity contribution in [3.05, 3.63) is 45.2 Å². The summed E-state index contributed by atoms with van der Waals surface area (Å²) in [4.78, 5) is 19.9. The fourth-order valence-corrected chi connectivity index (χ4v) is 2.47. The number of carbonyl (C=O) groups is 1. The summed E-state index contributed by atoms with van der Waals surface area (Å²) in [5.41, 5.74) is 3.15. The number of benzene rings is 1. The van der Waals surface area contributed by atoms with Crippen LogP contribution in [-0.4, -0.2) is 15.9 Å². The molecule has 8 heteroatoms. The van der Waals surface area contributed by atoms with Crippen LogP contribution in [-0.2, 0) is 0 Å².